The summed E-state index contributed by atoms with van der Waals surface area (Å²) in [6, 6.07) is 7.37. The molecule has 0 aliphatic heterocycles. The second-order valence-corrected chi connectivity index (χ2v) is 4.17. The van der Waals surface area contributed by atoms with Gasteiger partial charge in [-0.2, -0.15) is 0 Å². The summed E-state index contributed by atoms with van der Waals surface area (Å²) in [5.41, 5.74) is 0.884. The largest absolute Gasteiger partial charge is 0.497 e. The second kappa shape index (κ2) is 7.41. The quantitative estimate of drug-likeness (QED) is 0.727. The van der Waals surface area contributed by atoms with Gasteiger partial charge in [-0.1, -0.05) is 12.1 Å². The van der Waals surface area contributed by atoms with E-state index in [9.17, 15) is 9.59 Å². The van der Waals surface area contributed by atoms with Gasteiger partial charge in [0.05, 0.1) is 27.1 Å². The fraction of sp³-hybridized carbons (Fsp3) is 0.429. The third-order valence-corrected chi connectivity index (χ3v) is 2.79. The van der Waals surface area contributed by atoms with Gasteiger partial charge in [-0.05, 0) is 17.7 Å². The van der Waals surface area contributed by atoms with Crippen LogP contribution in [0.4, 0.5) is 0 Å². The van der Waals surface area contributed by atoms with E-state index in [1.807, 2.05) is 24.3 Å². The van der Waals surface area contributed by atoms with Crippen LogP contribution < -0.4 is 4.74 Å². The van der Waals surface area contributed by atoms with Crippen molar-refractivity contribution in [1.82, 2.24) is 4.90 Å². The monoisotopic (exact) mass is 265 g/mol. The maximum Gasteiger partial charge on any atom is 0.307 e. The molecule has 1 aromatic carbocycles. The van der Waals surface area contributed by atoms with Crippen LogP contribution in [-0.4, -0.2) is 44.6 Å². The number of likely N-dealkylation sites (N-methyl/N-ethyl adjacent to an activating group) is 1. The highest BCUT2D eigenvalue weighted by atomic mass is 16.5. The molecule has 0 fully saturated rings. The van der Waals surface area contributed by atoms with E-state index in [-0.39, 0.29) is 24.7 Å². The molecule has 0 aliphatic carbocycles. The number of ether oxygens (including phenoxy) is 2. The van der Waals surface area contributed by atoms with Crippen LogP contribution in [0, 0.1) is 0 Å². The van der Waals surface area contributed by atoms with E-state index >= 15 is 0 Å². The fourth-order valence-electron chi connectivity index (χ4n) is 1.58. The number of hydrogen-bond acceptors (Lipinski definition) is 4. The molecule has 0 atom stereocenters. The van der Waals surface area contributed by atoms with E-state index < -0.39 is 0 Å². The molecule has 0 radical (unpaired) electrons. The smallest absolute Gasteiger partial charge is 0.307 e. The van der Waals surface area contributed by atoms with Crippen molar-refractivity contribution in [2.75, 3.05) is 27.8 Å². The molecule has 19 heavy (non-hydrogen) atoms. The average molecular weight is 265 g/mol. The lowest BCUT2D eigenvalue weighted by Crippen LogP contribution is -2.30. The molecule has 0 spiro atoms. The van der Waals surface area contributed by atoms with Crippen LogP contribution in [0.3, 0.4) is 0 Å². The molecule has 0 aromatic heterocycles. The summed E-state index contributed by atoms with van der Waals surface area (Å²) in [5.74, 6) is 0.362. The van der Waals surface area contributed by atoms with Gasteiger partial charge in [0.15, 0.2) is 0 Å². The van der Waals surface area contributed by atoms with Gasteiger partial charge in [0.2, 0.25) is 5.91 Å². The van der Waals surface area contributed by atoms with E-state index in [1.54, 1.807) is 14.2 Å². The van der Waals surface area contributed by atoms with Crippen molar-refractivity contribution in [2.24, 2.45) is 0 Å². The third-order valence-electron chi connectivity index (χ3n) is 2.79. The standard InChI is InChI=1S/C14H19NO4/c1-15(8-7-14(17)19-3)13(16)10-11-5-4-6-12(9-11)18-2/h4-6,9H,7-8,10H2,1-3H3. The Balaban J connectivity index is 2.51. The van der Waals surface area contributed by atoms with Crippen molar-refractivity contribution in [3.63, 3.8) is 0 Å². The zero-order valence-corrected chi connectivity index (χ0v) is 11.5. The fourth-order valence-corrected chi connectivity index (χ4v) is 1.58. The summed E-state index contributed by atoms with van der Waals surface area (Å²) >= 11 is 0. The minimum absolute atomic E-state index is 0.0443. The lowest BCUT2D eigenvalue weighted by atomic mass is 10.1. The van der Waals surface area contributed by atoms with Gasteiger partial charge >= 0.3 is 5.97 Å². The summed E-state index contributed by atoms with van der Waals surface area (Å²) in [7, 11) is 4.59. The molecule has 0 aliphatic rings. The van der Waals surface area contributed by atoms with E-state index in [2.05, 4.69) is 4.74 Å². The Morgan fingerprint density at radius 1 is 1.26 bits per heavy atom. The lowest BCUT2D eigenvalue weighted by molar-refractivity contribution is -0.141. The molecule has 1 rings (SSSR count). The molecular weight excluding hydrogens is 246 g/mol. The molecule has 5 nitrogen and oxygen atoms in total. The Hall–Kier alpha value is -2.04. The highest BCUT2D eigenvalue weighted by molar-refractivity contribution is 5.79. The van der Waals surface area contributed by atoms with Crippen molar-refractivity contribution in [3.05, 3.63) is 29.8 Å². The number of esters is 1. The minimum atomic E-state index is -0.318. The Kier molecular flexibility index (Phi) is 5.85. The maximum atomic E-state index is 11.9. The molecule has 1 aromatic rings. The van der Waals surface area contributed by atoms with Crippen molar-refractivity contribution in [1.29, 1.82) is 0 Å². The van der Waals surface area contributed by atoms with Gasteiger partial charge in [-0.3, -0.25) is 9.59 Å². The van der Waals surface area contributed by atoms with Crippen LogP contribution in [0.1, 0.15) is 12.0 Å². The molecule has 1 amide bonds. The van der Waals surface area contributed by atoms with Gasteiger partial charge in [-0.15, -0.1) is 0 Å². The molecule has 5 heteroatoms. The Bertz CT molecular complexity index is 445. The van der Waals surface area contributed by atoms with Gasteiger partial charge < -0.3 is 14.4 Å². The first-order valence-corrected chi connectivity index (χ1v) is 6.00. The van der Waals surface area contributed by atoms with Crippen LogP contribution in [0.25, 0.3) is 0 Å². The van der Waals surface area contributed by atoms with Crippen LogP contribution in [0.2, 0.25) is 0 Å². The molecule has 0 heterocycles. The Morgan fingerprint density at radius 3 is 2.63 bits per heavy atom. The highest BCUT2D eigenvalue weighted by Gasteiger charge is 2.11. The number of hydrogen-bond donors (Lipinski definition) is 0. The predicted molar refractivity (Wildman–Crippen MR) is 71.0 cm³/mol. The average Bonchev–Trinajstić information content (AvgIpc) is 2.44. The van der Waals surface area contributed by atoms with E-state index in [0.717, 1.165) is 11.3 Å². The van der Waals surface area contributed by atoms with Gasteiger partial charge in [0, 0.05) is 13.6 Å². The van der Waals surface area contributed by atoms with Crippen molar-refractivity contribution in [2.45, 2.75) is 12.8 Å². The van der Waals surface area contributed by atoms with Gasteiger partial charge in [-0.25, -0.2) is 0 Å². The normalized spacial score (nSPS) is 9.84. The maximum absolute atomic E-state index is 11.9. The molecule has 104 valence electrons. The minimum Gasteiger partial charge on any atom is -0.497 e. The molecule has 0 saturated carbocycles. The number of carbonyl (C=O) groups excluding carboxylic acids is 2. The van der Waals surface area contributed by atoms with Crippen LogP contribution in [-0.2, 0) is 20.7 Å². The first kappa shape index (κ1) is 15.0. The van der Waals surface area contributed by atoms with E-state index in [1.165, 1.54) is 12.0 Å². The molecule has 0 N–H and O–H groups in total. The van der Waals surface area contributed by atoms with Crippen LogP contribution >= 0.6 is 0 Å². The molecule has 0 saturated heterocycles. The topological polar surface area (TPSA) is 55.8 Å². The van der Waals surface area contributed by atoms with Crippen molar-refractivity contribution < 1.29 is 19.1 Å². The Labute approximate surface area is 113 Å². The van der Waals surface area contributed by atoms with Crippen LogP contribution in [0.15, 0.2) is 24.3 Å². The first-order chi connectivity index (χ1) is 9.06. The zero-order valence-electron chi connectivity index (χ0n) is 11.5. The lowest BCUT2D eigenvalue weighted by Gasteiger charge is -2.16. The third kappa shape index (κ3) is 4.99. The second-order valence-electron chi connectivity index (χ2n) is 4.17. The first-order valence-electron chi connectivity index (χ1n) is 6.00. The number of amides is 1. The number of benzene rings is 1. The van der Waals surface area contributed by atoms with E-state index in [0.29, 0.717) is 6.54 Å². The number of methoxy groups -OCH3 is 2. The summed E-state index contributed by atoms with van der Waals surface area (Å²) in [6.45, 7) is 0.357. The summed E-state index contributed by atoms with van der Waals surface area (Å²) < 4.78 is 9.64. The van der Waals surface area contributed by atoms with Gasteiger partial charge in [0.25, 0.3) is 0 Å². The molecular formula is C14H19NO4. The molecule has 0 unspecified atom stereocenters. The highest BCUT2D eigenvalue weighted by Crippen LogP contribution is 2.13. The van der Waals surface area contributed by atoms with Crippen molar-refractivity contribution in [3.8, 4) is 5.75 Å². The predicted octanol–water partition coefficient (Wildman–Crippen LogP) is 1.26. The Morgan fingerprint density at radius 2 is 2.00 bits per heavy atom. The number of rotatable bonds is 6. The van der Waals surface area contributed by atoms with Gasteiger partial charge in [0.1, 0.15) is 5.75 Å². The SMILES string of the molecule is COC(=O)CCN(C)C(=O)Cc1cccc(OC)c1. The molecule has 0 bridgehead atoms. The summed E-state index contributed by atoms with van der Waals surface area (Å²) in [5, 5.41) is 0. The van der Waals surface area contributed by atoms with Crippen LogP contribution in [0.5, 0.6) is 5.75 Å². The van der Waals surface area contributed by atoms with E-state index in [4.69, 9.17) is 4.74 Å². The number of carbonyl (C=O) groups is 2. The number of nitrogens with zero attached hydrogens (tertiary/aromatic N) is 1. The summed E-state index contributed by atoms with van der Waals surface area (Å²) in [6.07, 6.45) is 0.492. The summed E-state index contributed by atoms with van der Waals surface area (Å²) in [4.78, 5) is 24.5. The van der Waals surface area contributed by atoms with Crippen molar-refractivity contribution >= 4 is 11.9 Å². The zero-order chi connectivity index (χ0) is 14.3.